The first-order chi connectivity index (χ1) is 9.13. The summed E-state index contributed by atoms with van der Waals surface area (Å²) in [7, 11) is 2.13. The molecule has 3 rings (SSSR count). The SMILES string of the molecule is CN1CCOC(Cn2c(=S)[nH]c3cc(I)ccc32)C1. The average Bonchev–Trinajstić information content (AvgIpc) is 2.65. The van der Waals surface area contributed by atoms with Gasteiger partial charge in [0.25, 0.3) is 0 Å². The van der Waals surface area contributed by atoms with Gasteiger partial charge in [-0.2, -0.15) is 0 Å². The molecule has 102 valence electrons. The van der Waals surface area contributed by atoms with E-state index >= 15 is 0 Å². The van der Waals surface area contributed by atoms with E-state index in [0.29, 0.717) is 0 Å². The van der Waals surface area contributed by atoms with Gasteiger partial charge in [-0.15, -0.1) is 0 Å². The monoisotopic (exact) mass is 389 g/mol. The van der Waals surface area contributed by atoms with E-state index in [9.17, 15) is 0 Å². The normalized spacial score (nSPS) is 21.1. The Kier molecular flexibility index (Phi) is 3.93. The zero-order valence-electron chi connectivity index (χ0n) is 10.7. The minimum Gasteiger partial charge on any atom is -0.374 e. The van der Waals surface area contributed by atoms with Crippen LogP contribution in [-0.2, 0) is 11.3 Å². The summed E-state index contributed by atoms with van der Waals surface area (Å²) in [6.45, 7) is 3.57. The summed E-state index contributed by atoms with van der Waals surface area (Å²) >= 11 is 7.74. The summed E-state index contributed by atoms with van der Waals surface area (Å²) in [4.78, 5) is 5.57. The topological polar surface area (TPSA) is 33.2 Å². The van der Waals surface area contributed by atoms with Gasteiger partial charge in [0.1, 0.15) is 0 Å². The van der Waals surface area contributed by atoms with Gasteiger partial charge in [-0.25, -0.2) is 0 Å². The van der Waals surface area contributed by atoms with Gasteiger partial charge in [-0.05, 0) is 60.1 Å². The van der Waals surface area contributed by atoms with Crippen molar-refractivity contribution < 1.29 is 4.74 Å². The molecule has 1 fully saturated rings. The Hall–Kier alpha value is -0.440. The van der Waals surface area contributed by atoms with Gasteiger partial charge in [0.15, 0.2) is 4.77 Å². The smallest absolute Gasteiger partial charge is 0.178 e. The van der Waals surface area contributed by atoms with E-state index in [-0.39, 0.29) is 6.10 Å². The number of ether oxygens (including phenoxy) is 1. The minimum absolute atomic E-state index is 0.212. The lowest BCUT2D eigenvalue weighted by Crippen LogP contribution is -2.41. The van der Waals surface area contributed by atoms with Crippen molar-refractivity contribution in [2.45, 2.75) is 12.6 Å². The van der Waals surface area contributed by atoms with E-state index in [1.165, 1.54) is 3.57 Å². The van der Waals surface area contributed by atoms with Crippen molar-refractivity contribution in [1.29, 1.82) is 0 Å². The van der Waals surface area contributed by atoms with Crippen molar-refractivity contribution in [2.75, 3.05) is 26.7 Å². The molecular weight excluding hydrogens is 373 g/mol. The predicted octanol–water partition coefficient (Wildman–Crippen LogP) is 2.63. The standard InChI is InChI=1S/C13H16IN3OS/c1-16-4-5-18-10(7-16)8-17-12-3-2-9(14)6-11(12)15-13(17)19/h2-3,6,10H,4-5,7-8H2,1H3,(H,15,19). The summed E-state index contributed by atoms with van der Waals surface area (Å²) in [6.07, 6.45) is 0.212. The molecule has 0 aliphatic carbocycles. The van der Waals surface area contributed by atoms with Crippen molar-refractivity contribution >= 4 is 45.8 Å². The van der Waals surface area contributed by atoms with Crippen LogP contribution in [0, 0.1) is 8.34 Å². The van der Waals surface area contributed by atoms with Crippen LogP contribution in [0.15, 0.2) is 18.2 Å². The number of nitrogens with zero attached hydrogens (tertiary/aromatic N) is 2. The first kappa shape index (κ1) is 13.5. The first-order valence-corrected chi connectivity index (χ1v) is 7.80. The number of hydrogen-bond acceptors (Lipinski definition) is 3. The van der Waals surface area contributed by atoms with E-state index in [1.54, 1.807) is 0 Å². The number of rotatable bonds is 2. The molecule has 1 aromatic heterocycles. The van der Waals surface area contributed by atoms with Gasteiger partial charge < -0.3 is 19.2 Å². The number of benzene rings is 1. The number of aromatic amines is 1. The van der Waals surface area contributed by atoms with Crippen LogP contribution in [0.1, 0.15) is 0 Å². The van der Waals surface area contributed by atoms with Gasteiger partial charge in [-0.1, -0.05) is 0 Å². The summed E-state index contributed by atoms with van der Waals surface area (Å²) in [5, 5.41) is 0. The number of aromatic nitrogens is 2. The minimum atomic E-state index is 0.212. The molecule has 1 N–H and O–H groups in total. The molecule has 0 saturated carbocycles. The molecule has 1 unspecified atom stereocenters. The molecule has 19 heavy (non-hydrogen) atoms. The third-order valence-electron chi connectivity index (χ3n) is 3.46. The lowest BCUT2D eigenvalue weighted by Gasteiger charge is -2.30. The lowest BCUT2D eigenvalue weighted by atomic mass is 10.2. The van der Waals surface area contributed by atoms with Gasteiger partial charge in [0.05, 0.1) is 30.3 Å². The fourth-order valence-electron chi connectivity index (χ4n) is 2.50. The highest BCUT2D eigenvalue weighted by atomic mass is 127. The van der Waals surface area contributed by atoms with E-state index in [0.717, 1.165) is 42.0 Å². The van der Waals surface area contributed by atoms with Crippen LogP contribution in [0.4, 0.5) is 0 Å². The molecule has 0 amide bonds. The summed E-state index contributed by atoms with van der Waals surface area (Å²) < 4.78 is 9.95. The highest BCUT2D eigenvalue weighted by Crippen LogP contribution is 2.18. The zero-order chi connectivity index (χ0) is 13.4. The third-order valence-corrected chi connectivity index (χ3v) is 4.46. The molecule has 0 spiro atoms. The van der Waals surface area contributed by atoms with Crippen LogP contribution in [0.2, 0.25) is 0 Å². The Morgan fingerprint density at radius 2 is 2.37 bits per heavy atom. The number of halogens is 1. The van der Waals surface area contributed by atoms with E-state index in [1.807, 2.05) is 0 Å². The van der Waals surface area contributed by atoms with E-state index in [4.69, 9.17) is 17.0 Å². The number of imidazole rings is 1. The maximum Gasteiger partial charge on any atom is 0.178 e. The molecule has 2 heterocycles. The molecule has 2 aromatic rings. The average molecular weight is 389 g/mol. The van der Waals surface area contributed by atoms with Crippen molar-refractivity contribution in [3.8, 4) is 0 Å². The molecule has 1 aromatic carbocycles. The van der Waals surface area contributed by atoms with Crippen LogP contribution in [0.5, 0.6) is 0 Å². The zero-order valence-corrected chi connectivity index (χ0v) is 13.7. The molecule has 1 aliphatic heterocycles. The fourth-order valence-corrected chi connectivity index (χ4v) is 3.27. The summed E-state index contributed by atoms with van der Waals surface area (Å²) in [6, 6.07) is 6.35. The van der Waals surface area contributed by atoms with Crippen LogP contribution < -0.4 is 0 Å². The van der Waals surface area contributed by atoms with Crippen molar-refractivity contribution in [3.05, 3.63) is 26.5 Å². The Bertz CT molecular complexity index is 651. The van der Waals surface area contributed by atoms with E-state index < -0.39 is 0 Å². The number of hydrogen-bond donors (Lipinski definition) is 1. The van der Waals surface area contributed by atoms with Gasteiger partial charge in [0.2, 0.25) is 0 Å². The number of nitrogens with one attached hydrogen (secondary N) is 1. The maximum atomic E-state index is 5.83. The molecular formula is C13H16IN3OS. The number of fused-ring (bicyclic) bond motifs is 1. The highest BCUT2D eigenvalue weighted by Gasteiger charge is 2.19. The third kappa shape index (κ3) is 2.86. The molecule has 1 atom stereocenters. The van der Waals surface area contributed by atoms with Gasteiger partial charge >= 0.3 is 0 Å². The van der Waals surface area contributed by atoms with Gasteiger partial charge in [-0.3, -0.25) is 0 Å². The second-order valence-electron chi connectivity index (χ2n) is 4.96. The van der Waals surface area contributed by atoms with Crippen molar-refractivity contribution in [2.24, 2.45) is 0 Å². The predicted molar refractivity (Wildman–Crippen MR) is 87.1 cm³/mol. The Balaban J connectivity index is 1.92. The van der Waals surface area contributed by atoms with Crippen molar-refractivity contribution in [1.82, 2.24) is 14.5 Å². The molecule has 1 aliphatic rings. The van der Waals surface area contributed by atoms with E-state index in [2.05, 4.69) is 62.3 Å². The Morgan fingerprint density at radius 1 is 1.53 bits per heavy atom. The van der Waals surface area contributed by atoms with Crippen LogP contribution in [-0.4, -0.2) is 47.3 Å². The van der Waals surface area contributed by atoms with Crippen molar-refractivity contribution in [3.63, 3.8) is 0 Å². The van der Waals surface area contributed by atoms with Gasteiger partial charge in [0, 0.05) is 16.7 Å². The number of morpholine rings is 1. The van der Waals surface area contributed by atoms with Crippen LogP contribution in [0.3, 0.4) is 0 Å². The quantitative estimate of drug-likeness (QED) is 0.634. The molecule has 6 heteroatoms. The molecule has 0 radical (unpaired) electrons. The Labute approximate surface area is 130 Å². The highest BCUT2D eigenvalue weighted by molar-refractivity contribution is 14.1. The summed E-state index contributed by atoms with van der Waals surface area (Å²) in [5.41, 5.74) is 2.25. The second-order valence-corrected chi connectivity index (χ2v) is 6.59. The Morgan fingerprint density at radius 3 is 3.16 bits per heavy atom. The number of likely N-dealkylation sites (N-methyl/N-ethyl adjacent to an activating group) is 1. The first-order valence-electron chi connectivity index (χ1n) is 6.32. The molecule has 0 bridgehead atoms. The lowest BCUT2D eigenvalue weighted by molar-refractivity contribution is -0.0271. The fraction of sp³-hybridized carbons (Fsp3) is 0.462. The number of H-pyrrole nitrogens is 1. The second kappa shape index (κ2) is 5.51. The largest absolute Gasteiger partial charge is 0.374 e. The summed E-state index contributed by atoms with van der Waals surface area (Å²) in [5.74, 6) is 0. The maximum absolute atomic E-state index is 5.83. The molecule has 4 nitrogen and oxygen atoms in total. The molecule has 1 saturated heterocycles. The van der Waals surface area contributed by atoms with Crippen LogP contribution in [0.25, 0.3) is 11.0 Å². The van der Waals surface area contributed by atoms with Crippen LogP contribution >= 0.6 is 34.8 Å².